The van der Waals surface area contributed by atoms with Crippen molar-refractivity contribution < 1.29 is 14.3 Å². The van der Waals surface area contributed by atoms with Gasteiger partial charge in [-0.1, -0.05) is 17.7 Å². The van der Waals surface area contributed by atoms with Crippen molar-refractivity contribution in [2.75, 3.05) is 44.3 Å². The Kier molecular flexibility index (Phi) is 6.67. The molecular formula is C26H29N5O3. The number of amides is 1. The first-order chi connectivity index (χ1) is 16.7. The van der Waals surface area contributed by atoms with Crippen LogP contribution in [0.25, 0.3) is 0 Å². The van der Waals surface area contributed by atoms with E-state index >= 15 is 0 Å². The molecule has 0 spiro atoms. The summed E-state index contributed by atoms with van der Waals surface area (Å²) >= 11 is 0. The van der Waals surface area contributed by atoms with E-state index in [0.29, 0.717) is 37.7 Å². The standard InChI is InChI=1S/C26H29N5O3/c1-19-2-4-22(5-3-19)34-25-24(28-10-11-29-25)20-7-12-31(13-8-20)26(32)21-6-9-27-23(18-21)30-14-16-33-17-15-30/h2-6,9-11,18,20H,7-8,12-17H2,1H3. The molecule has 1 aromatic carbocycles. The summed E-state index contributed by atoms with van der Waals surface area (Å²) in [5.41, 5.74) is 2.71. The number of benzene rings is 1. The quantitative estimate of drug-likeness (QED) is 0.574. The summed E-state index contributed by atoms with van der Waals surface area (Å²) < 4.78 is 11.5. The van der Waals surface area contributed by atoms with Crippen molar-refractivity contribution >= 4 is 11.7 Å². The molecule has 176 valence electrons. The Bertz CT molecular complexity index is 1120. The lowest BCUT2D eigenvalue weighted by Gasteiger charge is -2.32. The zero-order valence-corrected chi connectivity index (χ0v) is 19.4. The van der Waals surface area contributed by atoms with Gasteiger partial charge in [-0.15, -0.1) is 0 Å². The van der Waals surface area contributed by atoms with Gasteiger partial charge in [0.05, 0.1) is 13.2 Å². The van der Waals surface area contributed by atoms with E-state index in [4.69, 9.17) is 9.47 Å². The number of piperidine rings is 1. The minimum absolute atomic E-state index is 0.0469. The molecule has 0 aliphatic carbocycles. The normalized spacial score (nSPS) is 17.0. The highest BCUT2D eigenvalue weighted by molar-refractivity contribution is 5.95. The van der Waals surface area contributed by atoms with Crippen molar-refractivity contribution in [1.29, 1.82) is 0 Å². The fraction of sp³-hybridized carbons (Fsp3) is 0.385. The van der Waals surface area contributed by atoms with E-state index in [2.05, 4.69) is 19.9 Å². The molecule has 3 aromatic rings. The van der Waals surface area contributed by atoms with E-state index in [1.54, 1.807) is 24.7 Å². The van der Waals surface area contributed by atoms with Gasteiger partial charge in [-0.2, -0.15) is 0 Å². The minimum atomic E-state index is 0.0469. The van der Waals surface area contributed by atoms with Crippen LogP contribution in [-0.2, 0) is 4.74 Å². The highest BCUT2D eigenvalue weighted by Gasteiger charge is 2.28. The summed E-state index contributed by atoms with van der Waals surface area (Å²) in [6, 6.07) is 11.6. The molecule has 8 heteroatoms. The third kappa shape index (κ3) is 5.02. The van der Waals surface area contributed by atoms with Crippen molar-refractivity contribution in [3.63, 3.8) is 0 Å². The highest BCUT2D eigenvalue weighted by atomic mass is 16.5. The largest absolute Gasteiger partial charge is 0.437 e. The third-order valence-corrected chi connectivity index (χ3v) is 6.42. The Hall–Kier alpha value is -3.52. The first kappa shape index (κ1) is 22.3. The zero-order valence-electron chi connectivity index (χ0n) is 19.4. The maximum atomic E-state index is 13.2. The molecule has 8 nitrogen and oxygen atoms in total. The molecular weight excluding hydrogens is 430 g/mol. The van der Waals surface area contributed by atoms with Crippen LogP contribution >= 0.6 is 0 Å². The molecule has 2 aliphatic heterocycles. The van der Waals surface area contributed by atoms with E-state index < -0.39 is 0 Å². The van der Waals surface area contributed by atoms with E-state index in [9.17, 15) is 4.79 Å². The first-order valence-electron chi connectivity index (χ1n) is 11.8. The Labute approximate surface area is 199 Å². The molecule has 0 saturated carbocycles. The van der Waals surface area contributed by atoms with Gasteiger partial charge in [0, 0.05) is 56.3 Å². The van der Waals surface area contributed by atoms with Gasteiger partial charge >= 0.3 is 0 Å². The summed E-state index contributed by atoms with van der Waals surface area (Å²) in [7, 11) is 0. The number of nitrogens with zero attached hydrogens (tertiary/aromatic N) is 5. The third-order valence-electron chi connectivity index (χ3n) is 6.42. The summed E-state index contributed by atoms with van der Waals surface area (Å²) in [6.45, 7) is 6.33. The number of likely N-dealkylation sites (tertiary alicyclic amines) is 1. The van der Waals surface area contributed by atoms with E-state index in [-0.39, 0.29) is 11.8 Å². The Morgan fingerprint density at radius 1 is 0.941 bits per heavy atom. The Morgan fingerprint density at radius 2 is 1.68 bits per heavy atom. The second-order valence-electron chi connectivity index (χ2n) is 8.73. The predicted octanol–water partition coefficient (Wildman–Crippen LogP) is 3.83. The van der Waals surface area contributed by atoms with Crippen LogP contribution in [0.1, 0.15) is 40.4 Å². The minimum Gasteiger partial charge on any atom is -0.437 e. The second kappa shape index (κ2) is 10.2. The van der Waals surface area contributed by atoms with Crippen LogP contribution in [0.15, 0.2) is 55.0 Å². The monoisotopic (exact) mass is 459 g/mol. The number of anilines is 1. The SMILES string of the molecule is Cc1ccc(Oc2nccnc2C2CCN(C(=O)c3ccnc(N4CCOCC4)c3)CC2)cc1. The van der Waals surface area contributed by atoms with Crippen LogP contribution < -0.4 is 9.64 Å². The molecule has 2 saturated heterocycles. The molecule has 5 rings (SSSR count). The van der Waals surface area contributed by atoms with Crippen molar-refractivity contribution in [2.24, 2.45) is 0 Å². The molecule has 0 unspecified atom stereocenters. The number of ether oxygens (including phenoxy) is 2. The molecule has 0 atom stereocenters. The molecule has 1 amide bonds. The number of hydrogen-bond donors (Lipinski definition) is 0. The van der Waals surface area contributed by atoms with Crippen molar-refractivity contribution in [3.05, 3.63) is 71.8 Å². The molecule has 2 fully saturated rings. The summed E-state index contributed by atoms with van der Waals surface area (Å²) in [4.78, 5) is 30.8. The van der Waals surface area contributed by atoms with Gasteiger partial charge in [0.25, 0.3) is 5.91 Å². The van der Waals surface area contributed by atoms with E-state index in [0.717, 1.165) is 43.2 Å². The smallest absolute Gasteiger partial charge is 0.254 e. The van der Waals surface area contributed by atoms with Gasteiger partial charge in [-0.25, -0.2) is 9.97 Å². The van der Waals surface area contributed by atoms with Crippen LogP contribution in [-0.4, -0.2) is 65.2 Å². The highest BCUT2D eigenvalue weighted by Crippen LogP contribution is 2.34. The molecule has 0 radical (unpaired) electrons. The number of morpholine rings is 1. The fourth-order valence-electron chi connectivity index (χ4n) is 4.47. The van der Waals surface area contributed by atoms with Crippen LogP contribution in [0, 0.1) is 6.92 Å². The summed E-state index contributed by atoms with van der Waals surface area (Å²) in [6.07, 6.45) is 6.71. The fourth-order valence-corrected chi connectivity index (χ4v) is 4.47. The second-order valence-corrected chi connectivity index (χ2v) is 8.73. The number of rotatable bonds is 5. The topological polar surface area (TPSA) is 80.7 Å². The van der Waals surface area contributed by atoms with Crippen molar-refractivity contribution in [2.45, 2.75) is 25.7 Å². The van der Waals surface area contributed by atoms with E-state index in [1.807, 2.05) is 42.2 Å². The van der Waals surface area contributed by atoms with Gasteiger partial charge in [-0.3, -0.25) is 9.78 Å². The number of aryl methyl sites for hydroxylation is 1. The van der Waals surface area contributed by atoms with Crippen molar-refractivity contribution in [1.82, 2.24) is 19.9 Å². The lowest BCUT2D eigenvalue weighted by molar-refractivity contribution is 0.0711. The predicted molar refractivity (Wildman–Crippen MR) is 128 cm³/mol. The number of carbonyl (C=O) groups is 1. The van der Waals surface area contributed by atoms with Gasteiger partial charge in [0.2, 0.25) is 5.88 Å². The molecule has 2 aliphatic rings. The molecule has 0 bridgehead atoms. The maximum Gasteiger partial charge on any atom is 0.254 e. The summed E-state index contributed by atoms with van der Waals surface area (Å²) in [5, 5.41) is 0. The molecule has 34 heavy (non-hydrogen) atoms. The zero-order chi connectivity index (χ0) is 23.3. The average molecular weight is 460 g/mol. The number of hydrogen-bond acceptors (Lipinski definition) is 7. The van der Waals surface area contributed by atoms with Crippen LogP contribution in [0.3, 0.4) is 0 Å². The van der Waals surface area contributed by atoms with Gasteiger partial charge < -0.3 is 19.3 Å². The van der Waals surface area contributed by atoms with Gasteiger partial charge in [-0.05, 0) is 44.0 Å². The maximum absolute atomic E-state index is 13.2. The van der Waals surface area contributed by atoms with Gasteiger partial charge in [0.1, 0.15) is 17.3 Å². The lowest BCUT2D eigenvalue weighted by Crippen LogP contribution is -2.39. The van der Waals surface area contributed by atoms with Crippen molar-refractivity contribution in [3.8, 4) is 11.6 Å². The molecule has 0 N–H and O–H groups in total. The average Bonchev–Trinajstić information content (AvgIpc) is 2.91. The lowest BCUT2D eigenvalue weighted by atomic mass is 9.93. The Balaban J connectivity index is 1.24. The number of pyridine rings is 1. The number of carbonyl (C=O) groups excluding carboxylic acids is 1. The van der Waals surface area contributed by atoms with Crippen LogP contribution in [0.4, 0.5) is 5.82 Å². The van der Waals surface area contributed by atoms with E-state index in [1.165, 1.54) is 5.56 Å². The molecule has 2 aromatic heterocycles. The van der Waals surface area contributed by atoms with Gasteiger partial charge in [0.15, 0.2) is 0 Å². The Morgan fingerprint density at radius 3 is 2.44 bits per heavy atom. The van der Waals surface area contributed by atoms with Crippen LogP contribution in [0.5, 0.6) is 11.6 Å². The molecule has 4 heterocycles. The number of aromatic nitrogens is 3. The van der Waals surface area contributed by atoms with Crippen LogP contribution in [0.2, 0.25) is 0 Å². The first-order valence-corrected chi connectivity index (χ1v) is 11.8. The summed E-state index contributed by atoms with van der Waals surface area (Å²) in [5.74, 6) is 2.36.